The van der Waals surface area contributed by atoms with Gasteiger partial charge in [-0.3, -0.25) is 14.5 Å². The molecular formula is C22H17Cl2F2N3O3. The van der Waals surface area contributed by atoms with Gasteiger partial charge in [0.1, 0.15) is 11.6 Å². The van der Waals surface area contributed by atoms with E-state index in [2.05, 4.69) is 15.0 Å². The highest BCUT2D eigenvalue weighted by Gasteiger charge is 2.17. The third-order valence-electron chi connectivity index (χ3n) is 4.29. The Kier molecular flexibility index (Phi) is 7.61. The van der Waals surface area contributed by atoms with Crippen molar-refractivity contribution in [3.05, 3.63) is 76.4 Å². The van der Waals surface area contributed by atoms with E-state index in [0.717, 1.165) is 0 Å². The van der Waals surface area contributed by atoms with Crippen LogP contribution in [-0.4, -0.2) is 23.4 Å². The highest BCUT2D eigenvalue weighted by molar-refractivity contribution is 6.36. The lowest BCUT2D eigenvalue weighted by Gasteiger charge is -2.21. The summed E-state index contributed by atoms with van der Waals surface area (Å²) in [5.41, 5.74) is 1.28. The summed E-state index contributed by atoms with van der Waals surface area (Å²) in [5.74, 6) is -0.542. The van der Waals surface area contributed by atoms with Crippen molar-refractivity contribution in [2.24, 2.45) is 0 Å². The molecule has 1 aromatic heterocycles. The summed E-state index contributed by atoms with van der Waals surface area (Å²) in [4.78, 5) is 30.2. The number of anilines is 3. The van der Waals surface area contributed by atoms with Crippen LogP contribution in [0.1, 0.15) is 12.5 Å². The molecule has 3 aromatic rings. The molecule has 1 heterocycles. The van der Waals surface area contributed by atoms with E-state index in [0.29, 0.717) is 27.0 Å². The van der Waals surface area contributed by atoms with Crippen LogP contribution in [0.2, 0.25) is 10.0 Å². The smallest absolute Gasteiger partial charge is 0.387 e. The van der Waals surface area contributed by atoms with Crippen LogP contribution in [-0.2, 0) is 16.0 Å². The lowest BCUT2D eigenvalue weighted by atomic mass is 10.1. The Balaban J connectivity index is 1.79. The topological polar surface area (TPSA) is 71.5 Å². The van der Waals surface area contributed by atoms with Gasteiger partial charge in [-0.25, -0.2) is 4.98 Å². The Morgan fingerprint density at radius 1 is 1.09 bits per heavy atom. The zero-order valence-corrected chi connectivity index (χ0v) is 18.2. The molecule has 0 unspecified atom stereocenters. The zero-order chi connectivity index (χ0) is 23.3. The van der Waals surface area contributed by atoms with Crippen molar-refractivity contribution in [3.63, 3.8) is 0 Å². The van der Waals surface area contributed by atoms with Crippen LogP contribution in [0.3, 0.4) is 0 Å². The summed E-state index contributed by atoms with van der Waals surface area (Å²) >= 11 is 12.2. The molecule has 1 N–H and O–H groups in total. The molecule has 0 spiro atoms. The Morgan fingerprint density at radius 2 is 1.75 bits per heavy atom. The molecule has 0 saturated carbocycles. The quantitative estimate of drug-likeness (QED) is 0.460. The predicted octanol–water partition coefficient (Wildman–Crippen LogP) is 5.86. The van der Waals surface area contributed by atoms with Crippen LogP contribution in [0.4, 0.5) is 26.0 Å². The average Bonchev–Trinajstić information content (AvgIpc) is 2.72. The summed E-state index contributed by atoms with van der Waals surface area (Å²) in [6.07, 6.45) is 1.38. The van der Waals surface area contributed by atoms with Crippen molar-refractivity contribution in [1.82, 2.24) is 4.98 Å². The second-order valence-corrected chi connectivity index (χ2v) is 7.37. The maximum Gasteiger partial charge on any atom is 0.387 e. The van der Waals surface area contributed by atoms with Gasteiger partial charge in [0.25, 0.3) is 0 Å². The average molecular weight is 480 g/mol. The molecule has 0 aliphatic heterocycles. The number of hydrogen-bond acceptors (Lipinski definition) is 4. The largest absolute Gasteiger partial charge is 0.435 e. The van der Waals surface area contributed by atoms with Crippen molar-refractivity contribution >= 4 is 52.2 Å². The summed E-state index contributed by atoms with van der Waals surface area (Å²) in [6, 6.07) is 13.6. The number of benzene rings is 2. The highest BCUT2D eigenvalue weighted by Crippen LogP contribution is 2.29. The number of halogens is 4. The number of carbonyl (C=O) groups excluding carboxylic acids is 2. The predicted molar refractivity (Wildman–Crippen MR) is 119 cm³/mol. The Bertz CT molecular complexity index is 1110. The monoisotopic (exact) mass is 479 g/mol. The van der Waals surface area contributed by atoms with Gasteiger partial charge < -0.3 is 10.1 Å². The summed E-state index contributed by atoms with van der Waals surface area (Å²) in [7, 11) is 0. The minimum Gasteiger partial charge on any atom is -0.435 e. The molecule has 10 heteroatoms. The number of rotatable bonds is 7. The zero-order valence-electron chi connectivity index (χ0n) is 16.7. The molecule has 0 saturated heterocycles. The lowest BCUT2D eigenvalue weighted by molar-refractivity contribution is -0.116. The summed E-state index contributed by atoms with van der Waals surface area (Å²) < 4.78 is 29.0. The number of ether oxygens (including phenoxy) is 1. The number of hydrogen-bond donors (Lipinski definition) is 1. The highest BCUT2D eigenvalue weighted by atomic mass is 35.5. The van der Waals surface area contributed by atoms with E-state index in [-0.39, 0.29) is 29.8 Å². The van der Waals surface area contributed by atoms with Gasteiger partial charge in [-0.2, -0.15) is 8.78 Å². The molecule has 0 bridgehead atoms. The van der Waals surface area contributed by atoms with E-state index in [9.17, 15) is 18.4 Å². The molecule has 166 valence electrons. The molecule has 3 rings (SSSR count). The fourth-order valence-corrected chi connectivity index (χ4v) is 3.47. The van der Waals surface area contributed by atoms with Gasteiger partial charge in [0.05, 0.1) is 12.1 Å². The van der Waals surface area contributed by atoms with Crippen LogP contribution in [0.5, 0.6) is 5.75 Å². The molecule has 0 aliphatic carbocycles. The number of nitrogens with one attached hydrogen (secondary N) is 1. The van der Waals surface area contributed by atoms with Crippen molar-refractivity contribution in [3.8, 4) is 5.75 Å². The van der Waals surface area contributed by atoms with Crippen molar-refractivity contribution < 1.29 is 23.1 Å². The number of carbonyl (C=O) groups is 2. The number of pyridine rings is 1. The first kappa shape index (κ1) is 23.4. The Morgan fingerprint density at radius 3 is 2.34 bits per heavy atom. The van der Waals surface area contributed by atoms with Gasteiger partial charge in [-0.05, 0) is 48.0 Å². The third-order valence-corrected chi connectivity index (χ3v) is 5.00. The van der Waals surface area contributed by atoms with Crippen molar-refractivity contribution in [2.45, 2.75) is 20.0 Å². The van der Waals surface area contributed by atoms with Gasteiger partial charge in [0.15, 0.2) is 0 Å². The summed E-state index contributed by atoms with van der Waals surface area (Å²) in [6.45, 7) is -1.62. The first-order valence-corrected chi connectivity index (χ1v) is 10.0. The number of nitrogens with zero attached hydrogens (tertiary/aromatic N) is 2. The number of aromatic nitrogens is 1. The van der Waals surface area contributed by atoms with E-state index >= 15 is 0 Å². The van der Waals surface area contributed by atoms with Crippen LogP contribution < -0.4 is 15.0 Å². The van der Waals surface area contributed by atoms with Gasteiger partial charge in [0.2, 0.25) is 11.8 Å². The number of amides is 2. The summed E-state index contributed by atoms with van der Waals surface area (Å²) in [5, 5.41) is 3.48. The maximum absolute atomic E-state index is 12.5. The van der Waals surface area contributed by atoms with Gasteiger partial charge in [0, 0.05) is 34.9 Å². The molecule has 2 amide bonds. The molecule has 2 aromatic carbocycles. The Labute approximate surface area is 192 Å². The molecule has 0 aliphatic rings. The molecule has 0 fully saturated rings. The van der Waals surface area contributed by atoms with E-state index in [4.69, 9.17) is 23.2 Å². The van der Waals surface area contributed by atoms with Crippen LogP contribution in [0.15, 0.2) is 60.8 Å². The second kappa shape index (κ2) is 10.4. The van der Waals surface area contributed by atoms with E-state index in [1.165, 1.54) is 48.4 Å². The van der Waals surface area contributed by atoms with Crippen LogP contribution >= 0.6 is 23.2 Å². The first-order valence-electron chi connectivity index (χ1n) is 9.29. The normalized spacial score (nSPS) is 10.7. The molecule has 6 nitrogen and oxygen atoms in total. The van der Waals surface area contributed by atoms with E-state index < -0.39 is 6.61 Å². The maximum atomic E-state index is 12.5. The minimum absolute atomic E-state index is 0.0422. The van der Waals surface area contributed by atoms with Gasteiger partial charge in [-0.15, -0.1) is 0 Å². The van der Waals surface area contributed by atoms with Crippen molar-refractivity contribution in [2.75, 3.05) is 10.2 Å². The third kappa shape index (κ3) is 5.93. The fourth-order valence-electron chi connectivity index (χ4n) is 2.94. The van der Waals surface area contributed by atoms with Crippen LogP contribution in [0.25, 0.3) is 0 Å². The van der Waals surface area contributed by atoms with E-state index in [1.807, 2.05) is 0 Å². The second-order valence-electron chi connectivity index (χ2n) is 6.55. The Hall–Kier alpha value is -3.23. The fraction of sp³-hybridized carbons (Fsp3) is 0.136. The SMILES string of the molecule is CC(=O)N(c1ccc(OC(F)F)cc1)c1cc(NC(=O)Cc2c(Cl)cccc2Cl)ccn1. The van der Waals surface area contributed by atoms with E-state index in [1.54, 1.807) is 24.3 Å². The van der Waals surface area contributed by atoms with Gasteiger partial charge >= 0.3 is 6.61 Å². The van der Waals surface area contributed by atoms with Gasteiger partial charge in [-0.1, -0.05) is 29.3 Å². The molecule has 0 radical (unpaired) electrons. The number of alkyl halides is 2. The molecule has 32 heavy (non-hydrogen) atoms. The lowest BCUT2D eigenvalue weighted by Crippen LogP contribution is -2.24. The van der Waals surface area contributed by atoms with Crippen LogP contribution in [0, 0.1) is 0 Å². The standard InChI is InChI=1S/C22H17Cl2F2N3O3/c1-13(30)29(15-5-7-16(8-6-15)32-22(25)26)20-11-14(9-10-27-20)28-21(31)12-17-18(23)3-2-4-19(17)24/h2-11,22H,12H2,1H3,(H,27,28,31). The molecular weight excluding hydrogens is 463 g/mol. The first-order chi connectivity index (χ1) is 15.2. The van der Waals surface area contributed by atoms with Crippen molar-refractivity contribution in [1.29, 1.82) is 0 Å². The molecule has 0 atom stereocenters. The minimum atomic E-state index is -2.95.